The van der Waals surface area contributed by atoms with Crippen molar-refractivity contribution in [1.82, 2.24) is 14.5 Å². The zero-order chi connectivity index (χ0) is 14.4. The lowest BCUT2D eigenvalue weighted by molar-refractivity contribution is 0.103. The highest BCUT2D eigenvalue weighted by molar-refractivity contribution is 6.02. The van der Waals surface area contributed by atoms with Gasteiger partial charge in [-0.3, -0.25) is 4.98 Å². The molecule has 0 spiro atoms. The van der Waals surface area contributed by atoms with Crippen molar-refractivity contribution in [1.29, 1.82) is 0 Å². The van der Waals surface area contributed by atoms with Crippen LogP contribution in [-0.4, -0.2) is 14.5 Å². The predicted molar refractivity (Wildman–Crippen MR) is 86.0 cm³/mol. The number of pyridine rings is 1. The van der Waals surface area contributed by atoms with Gasteiger partial charge in [-0.1, -0.05) is 31.5 Å². The maximum atomic E-state index is 6.21. The predicted octanol–water partition coefficient (Wildman–Crippen LogP) is 3.75. The van der Waals surface area contributed by atoms with Crippen LogP contribution in [0.15, 0.2) is 30.5 Å². The smallest absolute Gasteiger partial charge is 0.201 e. The first kappa shape index (κ1) is 12.6. The van der Waals surface area contributed by atoms with Crippen LogP contribution in [0.4, 0.5) is 5.95 Å². The monoisotopic (exact) mass is 280 g/mol. The van der Waals surface area contributed by atoms with Crippen LogP contribution in [0.5, 0.6) is 0 Å². The number of hydrogen-bond donors (Lipinski definition) is 1. The summed E-state index contributed by atoms with van der Waals surface area (Å²) in [7, 11) is 0. The number of fused-ring (bicyclic) bond motifs is 3. The summed E-state index contributed by atoms with van der Waals surface area (Å²) in [6.07, 6.45) is 6.97. The SMILES string of the molecule is CCC1(Cn2c(N)nc3cnc4ccccc4c32)CCC1. The van der Waals surface area contributed by atoms with Crippen molar-refractivity contribution < 1.29 is 0 Å². The fraction of sp³-hybridized carbons (Fsp3) is 0.412. The molecule has 0 radical (unpaired) electrons. The van der Waals surface area contributed by atoms with E-state index >= 15 is 0 Å². The van der Waals surface area contributed by atoms with Crippen molar-refractivity contribution in [2.24, 2.45) is 5.41 Å². The number of aromatic nitrogens is 3. The lowest BCUT2D eigenvalue weighted by Gasteiger charge is -2.41. The fourth-order valence-electron chi connectivity index (χ4n) is 3.58. The first-order valence-corrected chi connectivity index (χ1v) is 7.72. The van der Waals surface area contributed by atoms with Gasteiger partial charge in [-0.25, -0.2) is 4.98 Å². The van der Waals surface area contributed by atoms with E-state index in [1.807, 2.05) is 18.3 Å². The van der Waals surface area contributed by atoms with Crippen molar-refractivity contribution in [3.05, 3.63) is 30.5 Å². The average molecular weight is 280 g/mol. The Bertz CT molecular complexity index is 809. The fourth-order valence-corrected chi connectivity index (χ4v) is 3.58. The van der Waals surface area contributed by atoms with Crippen molar-refractivity contribution in [2.45, 2.75) is 39.2 Å². The van der Waals surface area contributed by atoms with Gasteiger partial charge in [0.15, 0.2) is 0 Å². The van der Waals surface area contributed by atoms with E-state index in [-0.39, 0.29) is 0 Å². The number of nitrogens with zero attached hydrogens (tertiary/aromatic N) is 3. The number of benzene rings is 1. The first-order valence-electron chi connectivity index (χ1n) is 7.72. The Hall–Kier alpha value is -2.10. The van der Waals surface area contributed by atoms with Crippen molar-refractivity contribution >= 4 is 27.9 Å². The van der Waals surface area contributed by atoms with Crippen LogP contribution < -0.4 is 5.73 Å². The van der Waals surface area contributed by atoms with E-state index in [0.717, 1.165) is 28.5 Å². The summed E-state index contributed by atoms with van der Waals surface area (Å²) in [6, 6.07) is 8.23. The molecule has 4 rings (SSSR count). The molecule has 2 aromatic heterocycles. The van der Waals surface area contributed by atoms with Gasteiger partial charge in [0, 0.05) is 11.9 Å². The average Bonchev–Trinajstić information content (AvgIpc) is 2.79. The number of anilines is 1. The summed E-state index contributed by atoms with van der Waals surface area (Å²) in [6.45, 7) is 3.26. The van der Waals surface area contributed by atoms with Gasteiger partial charge in [0.05, 0.1) is 17.2 Å². The maximum Gasteiger partial charge on any atom is 0.201 e. The Kier molecular flexibility index (Phi) is 2.67. The molecule has 4 nitrogen and oxygen atoms in total. The van der Waals surface area contributed by atoms with Crippen LogP contribution in [0.2, 0.25) is 0 Å². The van der Waals surface area contributed by atoms with Gasteiger partial charge in [-0.05, 0) is 30.7 Å². The van der Waals surface area contributed by atoms with E-state index in [1.54, 1.807) is 0 Å². The molecule has 3 aromatic rings. The van der Waals surface area contributed by atoms with Gasteiger partial charge in [-0.15, -0.1) is 0 Å². The molecule has 2 heterocycles. The summed E-state index contributed by atoms with van der Waals surface area (Å²) in [4.78, 5) is 9.00. The molecule has 0 aliphatic heterocycles. The highest BCUT2D eigenvalue weighted by atomic mass is 15.2. The Balaban J connectivity index is 1.95. The maximum absolute atomic E-state index is 6.21. The van der Waals surface area contributed by atoms with Gasteiger partial charge >= 0.3 is 0 Å². The van der Waals surface area contributed by atoms with Crippen LogP contribution in [0.25, 0.3) is 21.9 Å². The lowest BCUT2D eigenvalue weighted by Crippen LogP contribution is -2.33. The minimum absolute atomic E-state index is 0.409. The van der Waals surface area contributed by atoms with E-state index in [1.165, 1.54) is 25.7 Å². The molecule has 21 heavy (non-hydrogen) atoms. The van der Waals surface area contributed by atoms with Crippen LogP contribution in [0.3, 0.4) is 0 Å². The lowest BCUT2D eigenvalue weighted by atomic mass is 9.67. The summed E-state index contributed by atoms with van der Waals surface area (Å²) in [5, 5.41) is 1.14. The quantitative estimate of drug-likeness (QED) is 0.795. The minimum atomic E-state index is 0.409. The van der Waals surface area contributed by atoms with Crippen LogP contribution >= 0.6 is 0 Å². The zero-order valence-corrected chi connectivity index (χ0v) is 12.3. The molecular weight excluding hydrogens is 260 g/mol. The number of nitrogens with two attached hydrogens (primary N) is 1. The van der Waals surface area contributed by atoms with Crippen LogP contribution in [-0.2, 0) is 6.54 Å². The number of rotatable bonds is 3. The van der Waals surface area contributed by atoms with E-state index in [9.17, 15) is 0 Å². The summed E-state index contributed by atoms with van der Waals surface area (Å²) in [5.41, 5.74) is 9.66. The normalized spacial score (nSPS) is 17.2. The molecule has 4 heteroatoms. The molecule has 1 aromatic carbocycles. The largest absolute Gasteiger partial charge is 0.369 e. The number of para-hydroxylation sites is 1. The molecule has 0 saturated heterocycles. The zero-order valence-electron chi connectivity index (χ0n) is 12.3. The Labute approximate surface area is 124 Å². The standard InChI is InChI=1S/C17H20N4/c1-2-17(8-5-9-17)11-21-15-12-6-3-4-7-13(12)19-10-14(15)20-16(21)18/h3-4,6-7,10H,2,5,8-9,11H2,1H3,(H2,18,20). The highest BCUT2D eigenvalue weighted by Gasteiger charge is 2.36. The van der Waals surface area contributed by atoms with Gasteiger partial charge in [0.1, 0.15) is 5.52 Å². The highest BCUT2D eigenvalue weighted by Crippen LogP contribution is 2.46. The second-order valence-corrected chi connectivity index (χ2v) is 6.27. The van der Waals surface area contributed by atoms with Crippen LogP contribution in [0.1, 0.15) is 32.6 Å². The molecule has 1 fully saturated rings. The summed E-state index contributed by atoms with van der Waals surface area (Å²) < 4.78 is 2.21. The third-order valence-corrected chi connectivity index (χ3v) is 5.17. The molecular formula is C17H20N4. The molecule has 2 N–H and O–H groups in total. The molecule has 0 bridgehead atoms. The van der Waals surface area contributed by atoms with Crippen molar-refractivity contribution in [3.8, 4) is 0 Å². The molecule has 108 valence electrons. The minimum Gasteiger partial charge on any atom is -0.369 e. The Morgan fingerprint density at radius 1 is 1.24 bits per heavy atom. The summed E-state index contributed by atoms with van der Waals surface area (Å²) >= 11 is 0. The first-order chi connectivity index (χ1) is 10.2. The molecule has 1 aliphatic carbocycles. The molecule has 0 atom stereocenters. The number of nitrogen functional groups attached to an aromatic ring is 1. The second kappa shape index (κ2) is 4.45. The molecule has 1 aliphatic rings. The van der Waals surface area contributed by atoms with E-state index < -0.39 is 0 Å². The molecule has 1 saturated carbocycles. The Morgan fingerprint density at radius 3 is 2.76 bits per heavy atom. The van der Waals surface area contributed by atoms with Crippen LogP contribution in [0, 0.1) is 5.41 Å². The van der Waals surface area contributed by atoms with Crippen molar-refractivity contribution in [3.63, 3.8) is 0 Å². The van der Waals surface area contributed by atoms with Gasteiger partial charge in [0.2, 0.25) is 5.95 Å². The van der Waals surface area contributed by atoms with E-state index in [0.29, 0.717) is 11.4 Å². The van der Waals surface area contributed by atoms with E-state index in [2.05, 4.69) is 33.6 Å². The van der Waals surface area contributed by atoms with Gasteiger partial charge in [0.25, 0.3) is 0 Å². The third-order valence-electron chi connectivity index (χ3n) is 5.17. The number of hydrogen-bond acceptors (Lipinski definition) is 3. The van der Waals surface area contributed by atoms with E-state index in [4.69, 9.17) is 5.73 Å². The second-order valence-electron chi connectivity index (χ2n) is 6.27. The number of imidazole rings is 1. The molecule has 0 unspecified atom stereocenters. The third kappa shape index (κ3) is 1.82. The molecule has 0 amide bonds. The van der Waals surface area contributed by atoms with Crippen molar-refractivity contribution in [2.75, 3.05) is 5.73 Å². The van der Waals surface area contributed by atoms with Gasteiger partial charge in [-0.2, -0.15) is 0 Å². The topological polar surface area (TPSA) is 56.7 Å². The summed E-state index contributed by atoms with van der Waals surface area (Å²) in [5.74, 6) is 0.614. The Morgan fingerprint density at radius 2 is 2.05 bits per heavy atom. The van der Waals surface area contributed by atoms with Gasteiger partial charge < -0.3 is 10.3 Å².